The first-order valence-electron chi connectivity index (χ1n) is 8.30. The second-order valence-electron chi connectivity index (χ2n) is 6.13. The molecule has 0 atom stereocenters. The Labute approximate surface area is 168 Å². The van der Waals surface area contributed by atoms with Gasteiger partial charge in [-0.3, -0.25) is 4.79 Å². The summed E-state index contributed by atoms with van der Waals surface area (Å²) in [6, 6.07) is 17.9. The van der Waals surface area contributed by atoms with Crippen molar-refractivity contribution in [2.24, 2.45) is 0 Å². The lowest BCUT2D eigenvalue weighted by molar-refractivity contribution is -0.136. The fourth-order valence-electron chi connectivity index (χ4n) is 2.80. The van der Waals surface area contributed by atoms with Crippen molar-refractivity contribution in [2.75, 3.05) is 7.11 Å². The summed E-state index contributed by atoms with van der Waals surface area (Å²) in [5, 5.41) is 9.62. The van der Waals surface area contributed by atoms with Gasteiger partial charge < -0.3 is 9.84 Å². The Morgan fingerprint density at radius 3 is 2.32 bits per heavy atom. The second-order valence-corrected chi connectivity index (χ2v) is 8.51. The third-order valence-corrected chi connectivity index (χ3v) is 6.15. The monoisotopic (exact) mass is 416 g/mol. The molecular formula is C21H17ClO5S. The Morgan fingerprint density at radius 2 is 1.68 bits per heavy atom. The van der Waals surface area contributed by atoms with Crippen LogP contribution in [0.5, 0.6) is 5.75 Å². The average Bonchev–Trinajstić information content (AvgIpc) is 2.68. The minimum atomic E-state index is -3.87. The summed E-state index contributed by atoms with van der Waals surface area (Å²) in [4.78, 5) is 11.1. The molecule has 3 rings (SSSR count). The predicted octanol–water partition coefficient (Wildman–Crippen LogP) is 4.48. The molecular weight excluding hydrogens is 400 g/mol. The molecule has 0 saturated heterocycles. The molecule has 0 heterocycles. The molecule has 0 saturated carbocycles. The van der Waals surface area contributed by atoms with E-state index < -0.39 is 15.8 Å². The summed E-state index contributed by atoms with van der Waals surface area (Å²) in [6.45, 7) is 0. The summed E-state index contributed by atoms with van der Waals surface area (Å²) in [5.41, 5.74) is 1.91. The molecule has 3 aromatic carbocycles. The molecule has 0 amide bonds. The third-order valence-electron chi connectivity index (χ3n) is 4.16. The Hall–Kier alpha value is -2.83. The van der Waals surface area contributed by atoms with E-state index in [1.165, 1.54) is 31.4 Å². The van der Waals surface area contributed by atoms with Gasteiger partial charge in [-0.25, -0.2) is 8.42 Å². The first kappa shape index (κ1) is 19.9. The standard InChI is InChI=1S/C21H17ClO5S/c1-27-18-9-14(11-21(23)24)10-20(13-18)28(25,26)19-4-2-3-16(12-19)15-5-7-17(22)8-6-15/h2-10,12-13H,11H2,1H3,(H,23,24). The molecule has 7 heteroatoms. The molecule has 28 heavy (non-hydrogen) atoms. The van der Waals surface area contributed by atoms with E-state index >= 15 is 0 Å². The maximum absolute atomic E-state index is 13.2. The highest BCUT2D eigenvalue weighted by molar-refractivity contribution is 7.91. The van der Waals surface area contributed by atoms with Crippen LogP contribution >= 0.6 is 11.6 Å². The number of rotatable bonds is 6. The number of halogens is 1. The van der Waals surface area contributed by atoms with Crippen molar-refractivity contribution in [3.05, 3.63) is 77.3 Å². The number of hydrogen-bond donors (Lipinski definition) is 1. The van der Waals surface area contributed by atoms with Crippen molar-refractivity contribution < 1.29 is 23.1 Å². The highest BCUT2D eigenvalue weighted by Crippen LogP contribution is 2.30. The van der Waals surface area contributed by atoms with E-state index in [0.717, 1.165) is 11.1 Å². The van der Waals surface area contributed by atoms with Gasteiger partial charge in [-0.05, 0) is 59.2 Å². The third kappa shape index (κ3) is 4.35. The zero-order chi connectivity index (χ0) is 20.3. The lowest BCUT2D eigenvalue weighted by atomic mass is 10.1. The van der Waals surface area contributed by atoms with E-state index in [1.54, 1.807) is 24.3 Å². The highest BCUT2D eigenvalue weighted by atomic mass is 35.5. The normalized spacial score (nSPS) is 11.2. The van der Waals surface area contributed by atoms with Gasteiger partial charge in [-0.15, -0.1) is 0 Å². The number of aliphatic carboxylic acids is 1. The predicted molar refractivity (Wildman–Crippen MR) is 107 cm³/mol. The van der Waals surface area contributed by atoms with Crippen molar-refractivity contribution in [2.45, 2.75) is 16.2 Å². The van der Waals surface area contributed by atoms with Gasteiger partial charge in [0.15, 0.2) is 0 Å². The van der Waals surface area contributed by atoms with Crippen LogP contribution in [-0.2, 0) is 21.1 Å². The lowest BCUT2D eigenvalue weighted by Gasteiger charge is -2.11. The van der Waals surface area contributed by atoms with Crippen molar-refractivity contribution >= 4 is 27.4 Å². The largest absolute Gasteiger partial charge is 0.497 e. The van der Waals surface area contributed by atoms with Crippen LogP contribution in [-0.4, -0.2) is 26.6 Å². The summed E-state index contributed by atoms with van der Waals surface area (Å²) >= 11 is 5.91. The quantitative estimate of drug-likeness (QED) is 0.641. The average molecular weight is 417 g/mol. The van der Waals surface area contributed by atoms with Crippen molar-refractivity contribution in [1.29, 1.82) is 0 Å². The summed E-state index contributed by atoms with van der Waals surface area (Å²) in [7, 11) is -2.47. The molecule has 144 valence electrons. The van der Waals surface area contributed by atoms with Gasteiger partial charge in [-0.1, -0.05) is 35.9 Å². The van der Waals surface area contributed by atoms with Crippen LogP contribution in [0, 0.1) is 0 Å². The lowest BCUT2D eigenvalue weighted by Crippen LogP contribution is -2.06. The number of carboxylic acids is 1. The molecule has 0 bridgehead atoms. The molecule has 0 unspecified atom stereocenters. The minimum absolute atomic E-state index is 0.0173. The van der Waals surface area contributed by atoms with E-state index in [0.29, 0.717) is 10.6 Å². The minimum Gasteiger partial charge on any atom is -0.497 e. The van der Waals surface area contributed by atoms with Crippen LogP contribution in [0.4, 0.5) is 0 Å². The van der Waals surface area contributed by atoms with E-state index in [9.17, 15) is 13.2 Å². The fourth-order valence-corrected chi connectivity index (χ4v) is 4.32. The summed E-state index contributed by atoms with van der Waals surface area (Å²) < 4.78 is 31.4. The molecule has 5 nitrogen and oxygen atoms in total. The van der Waals surface area contributed by atoms with Gasteiger partial charge in [0, 0.05) is 5.02 Å². The van der Waals surface area contributed by atoms with Gasteiger partial charge in [0.25, 0.3) is 0 Å². The molecule has 0 aliphatic heterocycles. The summed E-state index contributed by atoms with van der Waals surface area (Å²) in [5.74, 6) is -0.771. The van der Waals surface area contributed by atoms with Crippen molar-refractivity contribution in [3.63, 3.8) is 0 Å². The van der Waals surface area contributed by atoms with Crippen LogP contribution in [0.2, 0.25) is 5.02 Å². The Kier molecular flexibility index (Phi) is 5.72. The SMILES string of the molecule is COc1cc(CC(=O)O)cc(S(=O)(=O)c2cccc(-c3ccc(Cl)cc3)c2)c1. The van der Waals surface area contributed by atoms with E-state index in [4.69, 9.17) is 21.4 Å². The molecule has 0 radical (unpaired) electrons. The van der Waals surface area contributed by atoms with E-state index in [-0.39, 0.29) is 22.0 Å². The fraction of sp³-hybridized carbons (Fsp3) is 0.0952. The summed E-state index contributed by atoms with van der Waals surface area (Å²) in [6.07, 6.45) is -0.301. The maximum atomic E-state index is 13.2. The molecule has 0 spiro atoms. The number of carbonyl (C=O) groups is 1. The number of methoxy groups -OCH3 is 1. The van der Waals surface area contributed by atoms with Crippen LogP contribution in [0.1, 0.15) is 5.56 Å². The zero-order valence-electron chi connectivity index (χ0n) is 14.9. The van der Waals surface area contributed by atoms with Crippen LogP contribution < -0.4 is 4.74 Å². The van der Waals surface area contributed by atoms with Crippen LogP contribution in [0.25, 0.3) is 11.1 Å². The van der Waals surface area contributed by atoms with Gasteiger partial charge >= 0.3 is 5.97 Å². The second kappa shape index (κ2) is 8.04. The first-order valence-corrected chi connectivity index (χ1v) is 10.2. The van der Waals surface area contributed by atoms with Gasteiger partial charge in [0.2, 0.25) is 9.84 Å². The van der Waals surface area contributed by atoms with E-state index in [2.05, 4.69) is 0 Å². The number of benzene rings is 3. The first-order chi connectivity index (χ1) is 13.3. The molecule has 0 aromatic heterocycles. The van der Waals surface area contributed by atoms with Gasteiger partial charge in [0.1, 0.15) is 5.75 Å². The van der Waals surface area contributed by atoms with Crippen LogP contribution in [0.15, 0.2) is 76.5 Å². The Bertz CT molecular complexity index is 1120. The number of sulfone groups is 1. The van der Waals surface area contributed by atoms with Crippen molar-refractivity contribution in [1.82, 2.24) is 0 Å². The Balaban J connectivity index is 2.07. The van der Waals surface area contributed by atoms with Gasteiger partial charge in [0.05, 0.1) is 23.3 Å². The molecule has 3 aromatic rings. The zero-order valence-corrected chi connectivity index (χ0v) is 16.5. The van der Waals surface area contributed by atoms with E-state index in [1.807, 2.05) is 18.2 Å². The maximum Gasteiger partial charge on any atom is 0.307 e. The molecule has 0 fully saturated rings. The highest BCUT2D eigenvalue weighted by Gasteiger charge is 2.20. The Morgan fingerprint density at radius 1 is 0.964 bits per heavy atom. The molecule has 0 aliphatic carbocycles. The van der Waals surface area contributed by atoms with Crippen molar-refractivity contribution in [3.8, 4) is 16.9 Å². The molecule has 0 aliphatic rings. The smallest absolute Gasteiger partial charge is 0.307 e. The van der Waals surface area contributed by atoms with Gasteiger partial charge in [-0.2, -0.15) is 0 Å². The number of ether oxygens (including phenoxy) is 1. The number of hydrogen-bond acceptors (Lipinski definition) is 4. The number of carboxylic acid groups (broad SMARTS) is 1. The molecule has 1 N–H and O–H groups in total. The topological polar surface area (TPSA) is 80.7 Å². The van der Waals surface area contributed by atoms with Crippen LogP contribution in [0.3, 0.4) is 0 Å².